The Balaban J connectivity index is 2.28. The van der Waals surface area contributed by atoms with Gasteiger partial charge in [-0.05, 0) is 64.5 Å². The van der Waals surface area contributed by atoms with Crippen LogP contribution in [0.2, 0.25) is 0 Å². The molecular formula is C22H38N6O5. The number of carbonyl (C=O) groups excluding carboxylic acids is 3. The largest absolute Gasteiger partial charge is 0.508 e. The molecule has 11 nitrogen and oxygen atoms in total. The number of benzene rings is 1. The zero-order chi connectivity index (χ0) is 24.5. The summed E-state index contributed by atoms with van der Waals surface area (Å²) in [6.45, 7) is 4.73. The van der Waals surface area contributed by atoms with Gasteiger partial charge in [-0.2, -0.15) is 0 Å². The summed E-state index contributed by atoms with van der Waals surface area (Å²) in [5.74, 6) is -2.14. The fourth-order valence-corrected chi connectivity index (χ4v) is 3.06. The minimum absolute atomic E-state index is 0.131. The Morgan fingerprint density at radius 2 is 1.55 bits per heavy atom. The summed E-state index contributed by atoms with van der Waals surface area (Å²) in [5, 5.41) is 31.0. The maximum Gasteiger partial charge on any atom is 0.243 e. The second-order valence-electron chi connectivity index (χ2n) is 7.77. The van der Waals surface area contributed by atoms with Crippen LogP contribution in [-0.2, 0) is 20.8 Å². The topological polar surface area (TPSA) is 192 Å². The average molecular weight is 467 g/mol. The van der Waals surface area contributed by atoms with Gasteiger partial charge >= 0.3 is 0 Å². The number of nitrogens with one attached hydrogen (secondary N) is 4. The molecule has 0 radical (unpaired) electrons. The number of nitrogens with two attached hydrogens (primary N) is 2. The Bertz CT molecular complexity index is 746. The van der Waals surface area contributed by atoms with Crippen LogP contribution in [0.1, 0.15) is 37.7 Å². The van der Waals surface area contributed by atoms with E-state index in [4.69, 9.17) is 11.5 Å². The normalized spacial score (nSPS) is 11.7. The molecule has 33 heavy (non-hydrogen) atoms. The monoisotopic (exact) mass is 466 g/mol. The van der Waals surface area contributed by atoms with E-state index in [9.17, 15) is 24.6 Å². The molecule has 0 spiro atoms. The second-order valence-corrected chi connectivity index (χ2v) is 7.77. The number of hydrogen-bond donors (Lipinski definition) is 8. The SMILES string of the molecule is NCCCNCCCNCCCCNC(=O)[C@H](CC(N)=O)NC(=O)Cc1ccc(O)cc1O. The molecule has 1 aromatic carbocycles. The number of phenols is 2. The number of phenolic OH excluding ortho intramolecular Hbond substituents is 2. The molecule has 0 aliphatic heterocycles. The summed E-state index contributed by atoms with van der Waals surface area (Å²) in [6, 6.07) is 2.76. The third-order valence-corrected chi connectivity index (χ3v) is 4.82. The molecule has 0 bridgehead atoms. The third-order valence-electron chi connectivity index (χ3n) is 4.82. The van der Waals surface area contributed by atoms with Crippen LogP contribution in [0.15, 0.2) is 18.2 Å². The summed E-state index contributed by atoms with van der Waals surface area (Å²) in [6.07, 6.45) is 3.06. The zero-order valence-electron chi connectivity index (χ0n) is 19.1. The van der Waals surface area contributed by atoms with E-state index in [0.717, 1.165) is 57.9 Å². The van der Waals surface area contributed by atoms with Crippen molar-refractivity contribution in [2.45, 2.75) is 44.6 Å². The van der Waals surface area contributed by atoms with E-state index >= 15 is 0 Å². The Kier molecular flexibility index (Phi) is 14.2. The van der Waals surface area contributed by atoms with Gasteiger partial charge in [0, 0.05) is 18.2 Å². The molecule has 0 saturated heterocycles. The van der Waals surface area contributed by atoms with Crippen molar-refractivity contribution in [2.75, 3.05) is 39.3 Å². The number of amides is 3. The number of rotatable bonds is 18. The number of hydrogen-bond acceptors (Lipinski definition) is 8. The van der Waals surface area contributed by atoms with Crippen molar-refractivity contribution < 1.29 is 24.6 Å². The quantitative estimate of drug-likeness (QED) is 0.124. The predicted octanol–water partition coefficient (Wildman–Crippen LogP) is -1.18. The first kappa shape index (κ1) is 28.1. The van der Waals surface area contributed by atoms with Gasteiger partial charge in [-0.3, -0.25) is 14.4 Å². The lowest BCUT2D eigenvalue weighted by Gasteiger charge is -2.17. The number of primary amides is 1. The molecule has 10 N–H and O–H groups in total. The lowest BCUT2D eigenvalue weighted by Crippen LogP contribution is -2.49. The maximum absolute atomic E-state index is 12.4. The van der Waals surface area contributed by atoms with Crippen LogP contribution < -0.4 is 32.7 Å². The Morgan fingerprint density at radius 1 is 0.909 bits per heavy atom. The molecule has 3 amide bonds. The molecule has 0 aliphatic carbocycles. The molecule has 0 fully saturated rings. The van der Waals surface area contributed by atoms with Gasteiger partial charge in [-0.15, -0.1) is 0 Å². The highest BCUT2D eigenvalue weighted by Crippen LogP contribution is 2.22. The minimum atomic E-state index is -1.10. The van der Waals surface area contributed by atoms with Gasteiger partial charge in [0.05, 0.1) is 12.8 Å². The minimum Gasteiger partial charge on any atom is -0.508 e. The Hall–Kier alpha value is -2.89. The molecule has 11 heteroatoms. The summed E-state index contributed by atoms with van der Waals surface area (Å²) in [7, 11) is 0. The third kappa shape index (κ3) is 13.3. The summed E-state index contributed by atoms with van der Waals surface area (Å²) < 4.78 is 0. The smallest absolute Gasteiger partial charge is 0.243 e. The van der Waals surface area contributed by atoms with Crippen LogP contribution in [-0.4, -0.2) is 73.2 Å². The van der Waals surface area contributed by atoms with Crippen LogP contribution in [0.4, 0.5) is 0 Å². The Morgan fingerprint density at radius 3 is 2.18 bits per heavy atom. The first-order chi connectivity index (χ1) is 15.8. The molecular weight excluding hydrogens is 428 g/mol. The van der Waals surface area contributed by atoms with Crippen molar-refractivity contribution in [3.8, 4) is 11.5 Å². The fraction of sp³-hybridized carbons (Fsp3) is 0.591. The van der Waals surface area contributed by atoms with Crippen LogP contribution in [0.5, 0.6) is 11.5 Å². The highest BCUT2D eigenvalue weighted by atomic mass is 16.3. The first-order valence-corrected chi connectivity index (χ1v) is 11.3. The van der Waals surface area contributed by atoms with Crippen LogP contribution >= 0.6 is 0 Å². The van der Waals surface area contributed by atoms with Crippen LogP contribution in [0, 0.1) is 0 Å². The van der Waals surface area contributed by atoms with E-state index in [2.05, 4.69) is 21.3 Å². The molecule has 1 aromatic rings. The standard InChI is InChI=1S/C22H38N6O5/c23-7-3-9-26-11-4-10-25-8-1-2-12-27-22(33)18(15-20(24)31)28-21(32)13-16-5-6-17(29)14-19(16)30/h5-6,14,18,25-26,29-30H,1-4,7-13,15,23H2,(H2,24,31)(H,27,33)(H,28,32)/t18-/m0/s1. The lowest BCUT2D eigenvalue weighted by molar-refractivity contribution is -0.131. The molecule has 0 aromatic heterocycles. The first-order valence-electron chi connectivity index (χ1n) is 11.3. The van der Waals surface area contributed by atoms with E-state index in [1.807, 2.05) is 0 Å². The zero-order valence-corrected chi connectivity index (χ0v) is 19.1. The van der Waals surface area contributed by atoms with Gasteiger partial charge in [-0.25, -0.2) is 0 Å². The van der Waals surface area contributed by atoms with Crippen LogP contribution in [0.25, 0.3) is 0 Å². The fourth-order valence-electron chi connectivity index (χ4n) is 3.06. The molecule has 0 aliphatic rings. The van der Waals surface area contributed by atoms with E-state index in [-0.39, 0.29) is 29.9 Å². The maximum atomic E-state index is 12.4. The number of unbranched alkanes of at least 4 members (excludes halogenated alkanes) is 1. The second kappa shape index (κ2) is 16.7. The molecule has 0 unspecified atom stereocenters. The summed E-state index contributed by atoms with van der Waals surface area (Å²) >= 11 is 0. The van der Waals surface area contributed by atoms with Gasteiger partial charge < -0.3 is 42.9 Å². The molecule has 0 heterocycles. The van der Waals surface area contributed by atoms with E-state index in [1.165, 1.54) is 12.1 Å². The van der Waals surface area contributed by atoms with E-state index < -0.39 is 23.8 Å². The van der Waals surface area contributed by atoms with Crippen molar-refractivity contribution in [3.63, 3.8) is 0 Å². The summed E-state index contributed by atoms with van der Waals surface area (Å²) in [4.78, 5) is 36.0. The highest BCUT2D eigenvalue weighted by Gasteiger charge is 2.23. The van der Waals surface area contributed by atoms with Crippen molar-refractivity contribution in [1.82, 2.24) is 21.3 Å². The molecule has 1 rings (SSSR count). The molecule has 0 saturated carbocycles. The van der Waals surface area contributed by atoms with Gasteiger partial charge in [0.2, 0.25) is 17.7 Å². The van der Waals surface area contributed by atoms with Crippen molar-refractivity contribution in [2.24, 2.45) is 11.5 Å². The van der Waals surface area contributed by atoms with Gasteiger partial charge in [0.25, 0.3) is 0 Å². The van der Waals surface area contributed by atoms with Crippen LogP contribution in [0.3, 0.4) is 0 Å². The van der Waals surface area contributed by atoms with E-state index in [1.54, 1.807) is 0 Å². The van der Waals surface area contributed by atoms with Gasteiger partial charge in [-0.1, -0.05) is 6.07 Å². The molecule has 1 atom stereocenters. The van der Waals surface area contributed by atoms with E-state index in [0.29, 0.717) is 13.1 Å². The summed E-state index contributed by atoms with van der Waals surface area (Å²) in [5.41, 5.74) is 10.9. The van der Waals surface area contributed by atoms with Crippen molar-refractivity contribution in [1.29, 1.82) is 0 Å². The average Bonchev–Trinajstić information content (AvgIpc) is 2.75. The van der Waals surface area contributed by atoms with Crippen molar-refractivity contribution in [3.05, 3.63) is 23.8 Å². The predicted molar refractivity (Wildman–Crippen MR) is 125 cm³/mol. The van der Waals surface area contributed by atoms with Gasteiger partial charge in [0.15, 0.2) is 0 Å². The lowest BCUT2D eigenvalue weighted by atomic mass is 10.1. The number of aromatic hydroxyl groups is 2. The van der Waals surface area contributed by atoms with Gasteiger partial charge in [0.1, 0.15) is 17.5 Å². The highest BCUT2D eigenvalue weighted by molar-refractivity contribution is 5.92. The number of carbonyl (C=O) groups is 3. The molecule has 186 valence electrons. The Labute approximate surface area is 194 Å². The van der Waals surface area contributed by atoms with Crippen molar-refractivity contribution >= 4 is 17.7 Å².